The highest BCUT2D eigenvalue weighted by molar-refractivity contribution is 5.85. The van der Waals surface area contributed by atoms with Crippen LogP contribution in [0, 0.1) is 0 Å². The van der Waals surface area contributed by atoms with Gasteiger partial charge in [-0.1, -0.05) is 0 Å². The number of rotatable bonds is 5. The highest BCUT2D eigenvalue weighted by Crippen LogP contribution is 2.39. The number of ether oxygens (including phenoxy) is 3. The van der Waals surface area contributed by atoms with Crippen LogP contribution in [0.25, 0.3) is 0 Å². The second-order valence-electron chi connectivity index (χ2n) is 3.30. The summed E-state index contributed by atoms with van der Waals surface area (Å²) in [4.78, 5) is 0. The zero-order valence-electron chi connectivity index (χ0n) is 10.6. The van der Waals surface area contributed by atoms with Gasteiger partial charge in [-0.25, -0.2) is 0 Å². The van der Waals surface area contributed by atoms with Crippen LogP contribution in [0.15, 0.2) is 12.1 Å². The van der Waals surface area contributed by atoms with E-state index in [1.165, 1.54) is 0 Å². The molecule has 0 aromatic heterocycles. The molecular weight excluding hydrogens is 279 g/mol. The lowest BCUT2D eigenvalue weighted by atomic mass is 10.1. The van der Waals surface area contributed by atoms with Gasteiger partial charge in [0.05, 0.1) is 21.3 Å². The van der Waals surface area contributed by atoms with Crippen LogP contribution in [-0.4, -0.2) is 27.9 Å². The van der Waals surface area contributed by atoms with E-state index in [-0.39, 0.29) is 30.9 Å². The van der Waals surface area contributed by atoms with E-state index in [1.807, 2.05) is 0 Å². The normalized spacial score (nSPS) is 10.7. The first-order valence-electron chi connectivity index (χ1n) is 4.93. The Balaban J connectivity index is 0. The summed E-state index contributed by atoms with van der Waals surface area (Å²) in [7, 11) is 4.69. The van der Waals surface area contributed by atoms with Crippen molar-refractivity contribution in [3.05, 3.63) is 17.7 Å². The Morgan fingerprint density at radius 1 is 1.00 bits per heavy atom. The van der Waals surface area contributed by atoms with Crippen molar-refractivity contribution in [2.45, 2.75) is 6.04 Å². The van der Waals surface area contributed by atoms with Crippen LogP contribution in [-0.2, 0) is 0 Å². The molecule has 5 nitrogen and oxygen atoms in total. The Hall–Kier alpha value is -0.880. The molecule has 0 radical (unpaired) electrons. The topological polar surface area (TPSA) is 79.7 Å². The molecule has 1 aromatic rings. The highest BCUT2D eigenvalue weighted by Gasteiger charge is 2.15. The van der Waals surface area contributed by atoms with Gasteiger partial charge < -0.3 is 25.7 Å². The summed E-state index contributed by atoms with van der Waals surface area (Å²) < 4.78 is 15.6. The van der Waals surface area contributed by atoms with Crippen molar-refractivity contribution in [3.8, 4) is 17.2 Å². The fourth-order valence-electron chi connectivity index (χ4n) is 1.45. The molecule has 4 N–H and O–H groups in total. The molecule has 0 aliphatic carbocycles. The largest absolute Gasteiger partial charge is 0.493 e. The third-order valence-corrected chi connectivity index (χ3v) is 2.37. The van der Waals surface area contributed by atoms with Crippen LogP contribution in [0.5, 0.6) is 17.2 Å². The molecule has 0 unspecified atom stereocenters. The predicted molar refractivity (Wildman–Crippen MR) is 76.6 cm³/mol. The van der Waals surface area contributed by atoms with E-state index >= 15 is 0 Å². The zero-order valence-corrected chi connectivity index (χ0v) is 12.3. The molecule has 1 atom stereocenters. The molecule has 18 heavy (non-hydrogen) atoms. The van der Waals surface area contributed by atoms with E-state index in [0.717, 1.165) is 5.56 Å². The number of benzene rings is 1. The van der Waals surface area contributed by atoms with Crippen LogP contribution in [0.3, 0.4) is 0 Å². The van der Waals surface area contributed by atoms with Crippen molar-refractivity contribution in [2.24, 2.45) is 11.5 Å². The number of hydrogen-bond donors (Lipinski definition) is 2. The summed E-state index contributed by atoms with van der Waals surface area (Å²) in [6, 6.07) is 3.37. The lowest BCUT2D eigenvalue weighted by Gasteiger charge is -2.16. The van der Waals surface area contributed by atoms with Crippen molar-refractivity contribution in [3.63, 3.8) is 0 Å². The predicted octanol–water partition coefficient (Wildman–Crippen LogP) is 1.51. The van der Waals surface area contributed by atoms with E-state index in [4.69, 9.17) is 25.7 Å². The first kappa shape index (κ1) is 19.5. The van der Waals surface area contributed by atoms with Crippen LogP contribution >= 0.6 is 24.8 Å². The van der Waals surface area contributed by atoms with Gasteiger partial charge in [-0.3, -0.25) is 0 Å². The summed E-state index contributed by atoms with van der Waals surface area (Å²) in [5, 5.41) is 0. The van der Waals surface area contributed by atoms with Gasteiger partial charge in [0.1, 0.15) is 0 Å². The Labute approximate surface area is 120 Å². The maximum Gasteiger partial charge on any atom is 0.203 e. The molecule has 0 spiro atoms. The zero-order chi connectivity index (χ0) is 12.1. The SMILES string of the molecule is COc1cc([C@@H](N)CN)cc(OC)c1OC.Cl.Cl. The monoisotopic (exact) mass is 298 g/mol. The van der Waals surface area contributed by atoms with Gasteiger partial charge in [-0.15, -0.1) is 24.8 Å². The number of hydrogen-bond acceptors (Lipinski definition) is 5. The van der Waals surface area contributed by atoms with Gasteiger partial charge >= 0.3 is 0 Å². The summed E-state index contributed by atoms with van der Waals surface area (Å²) in [5.74, 6) is 1.72. The number of methoxy groups -OCH3 is 3. The molecular formula is C11H20Cl2N2O3. The highest BCUT2D eigenvalue weighted by atomic mass is 35.5. The molecule has 1 rings (SSSR count). The molecule has 106 valence electrons. The summed E-state index contributed by atoms with van der Waals surface area (Å²) in [5.41, 5.74) is 12.2. The Morgan fingerprint density at radius 3 is 1.72 bits per heavy atom. The lowest BCUT2D eigenvalue weighted by molar-refractivity contribution is 0.323. The van der Waals surface area contributed by atoms with Crippen molar-refractivity contribution in [1.29, 1.82) is 0 Å². The second kappa shape index (κ2) is 9.10. The fraction of sp³-hybridized carbons (Fsp3) is 0.455. The van der Waals surface area contributed by atoms with Crippen LogP contribution in [0.4, 0.5) is 0 Å². The quantitative estimate of drug-likeness (QED) is 0.861. The average molecular weight is 299 g/mol. The van der Waals surface area contributed by atoms with E-state index in [9.17, 15) is 0 Å². The molecule has 0 amide bonds. The number of nitrogens with two attached hydrogens (primary N) is 2. The van der Waals surface area contributed by atoms with Gasteiger partial charge in [-0.05, 0) is 17.7 Å². The summed E-state index contributed by atoms with van der Waals surface area (Å²) >= 11 is 0. The van der Waals surface area contributed by atoms with Crippen molar-refractivity contribution in [2.75, 3.05) is 27.9 Å². The third-order valence-electron chi connectivity index (χ3n) is 2.37. The second-order valence-corrected chi connectivity index (χ2v) is 3.30. The summed E-state index contributed by atoms with van der Waals surface area (Å²) in [6.45, 7) is 0.360. The van der Waals surface area contributed by atoms with Gasteiger partial charge in [0.15, 0.2) is 11.5 Å². The van der Waals surface area contributed by atoms with Crippen molar-refractivity contribution >= 4 is 24.8 Å². The molecule has 0 aliphatic rings. The Morgan fingerprint density at radius 2 is 1.44 bits per heavy atom. The lowest BCUT2D eigenvalue weighted by Crippen LogP contribution is -2.20. The minimum atomic E-state index is -0.242. The van der Waals surface area contributed by atoms with E-state index in [0.29, 0.717) is 23.8 Å². The van der Waals surface area contributed by atoms with E-state index in [2.05, 4.69) is 0 Å². The first-order chi connectivity index (χ1) is 7.67. The maximum atomic E-state index is 5.86. The first-order valence-corrected chi connectivity index (χ1v) is 4.93. The molecule has 0 aliphatic heterocycles. The number of halogens is 2. The molecule has 7 heteroatoms. The van der Waals surface area contributed by atoms with Crippen molar-refractivity contribution in [1.82, 2.24) is 0 Å². The average Bonchev–Trinajstić information content (AvgIpc) is 2.35. The van der Waals surface area contributed by atoms with Gasteiger partial charge in [-0.2, -0.15) is 0 Å². The van der Waals surface area contributed by atoms with Crippen molar-refractivity contribution < 1.29 is 14.2 Å². The minimum absolute atomic E-state index is 0. The molecule has 0 heterocycles. The van der Waals surface area contributed by atoms with E-state index < -0.39 is 0 Å². The van der Waals surface area contributed by atoms with E-state index in [1.54, 1.807) is 33.5 Å². The van der Waals surface area contributed by atoms with Crippen LogP contribution < -0.4 is 25.7 Å². The Bertz CT molecular complexity index is 339. The standard InChI is InChI=1S/C11H18N2O3.2ClH/c1-14-9-4-7(8(13)6-12)5-10(15-2)11(9)16-3;;/h4-5,8H,6,12-13H2,1-3H3;2*1H/t8-;;/m0../s1. The molecule has 0 saturated carbocycles. The van der Waals surface area contributed by atoms with Gasteiger partial charge in [0.25, 0.3) is 0 Å². The molecule has 0 saturated heterocycles. The van der Waals surface area contributed by atoms with Gasteiger partial charge in [0, 0.05) is 12.6 Å². The summed E-state index contributed by atoms with van der Waals surface area (Å²) in [6.07, 6.45) is 0. The smallest absolute Gasteiger partial charge is 0.203 e. The molecule has 0 fully saturated rings. The fourth-order valence-corrected chi connectivity index (χ4v) is 1.45. The van der Waals surface area contributed by atoms with Gasteiger partial charge in [0.2, 0.25) is 5.75 Å². The van der Waals surface area contributed by atoms with Crippen LogP contribution in [0.1, 0.15) is 11.6 Å². The molecule has 1 aromatic carbocycles. The minimum Gasteiger partial charge on any atom is -0.493 e. The molecule has 0 bridgehead atoms. The maximum absolute atomic E-state index is 5.86. The Kier molecular flexibility index (Phi) is 9.84. The third kappa shape index (κ3) is 4.10. The van der Waals surface area contributed by atoms with Crippen LogP contribution in [0.2, 0.25) is 0 Å².